The highest BCUT2D eigenvalue weighted by Crippen LogP contribution is 2.47. The average molecular weight is 1300 g/mol. The van der Waals surface area contributed by atoms with Crippen LogP contribution >= 0.6 is 0 Å². The summed E-state index contributed by atoms with van der Waals surface area (Å²) in [6.45, 7) is 0. The lowest BCUT2D eigenvalue weighted by Crippen LogP contribution is -2.00. The molecule has 0 radical (unpaired) electrons. The predicted molar refractivity (Wildman–Crippen MR) is 418 cm³/mol. The molecule has 0 atom stereocenters. The molecule has 20 rings (SSSR count). The molecule has 0 saturated carbocycles. The lowest BCUT2D eigenvalue weighted by molar-refractivity contribution is 0.668. The van der Waals surface area contributed by atoms with Crippen molar-refractivity contribution in [3.63, 3.8) is 0 Å². The molecule has 4 heterocycles. The number of aromatic nitrogens is 6. The second-order valence-electron chi connectivity index (χ2n) is 26.0. The molecule has 0 aliphatic rings. The van der Waals surface area contributed by atoms with Gasteiger partial charge >= 0.3 is 0 Å². The molecule has 0 amide bonds. The highest BCUT2D eigenvalue weighted by atomic mass is 16.3. The van der Waals surface area contributed by atoms with Crippen LogP contribution in [0.2, 0.25) is 0 Å². The fourth-order valence-corrected chi connectivity index (χ4v) is 15.1. The minimum Gasteiger partial charge on any atom is -0.456 e. The first-order chi connectivity index (χ1) is 50.5. The van der Waals surface area contributed by atoms with E-state index in [2.05, 4.69) is 243 Å². The smallest absolute Gasteiger partial charge is 0.164 e. The number of fused-ring (bicyclic) bond motifs is 12. The number of benzene rings is 16. The van der Waals surface area contributed by atoms with Crippen LogP contribution in [0.15, 0.2) is 349 Å². The summed E-state index contributed by atoms with van der Waals surface area (Å²) in [5, 5.41) is 13.3. The summed E-state index contributed by atoms with van der Waals surface area (Å²) >= 11 is 0. The van der Waals surface area contributed by atoms with Gasteiger partial charge in [0.25, 0.3) is 0 Å². The van der Waals surface area contributed by atoms with Gasteiger partial charge in [-0.25, -0.2) is 29.9 Å². The van der Waals surface area contributed by atoms with Gasteiger partial charge in [-0.15, -0.1) is 0 Å². The molecule has 0 fully saturated rings. The fourth-order valence-electron chi connectivity index (χ4n) is 15.1. The molecule has 102 heavy (non-hydrogen) atoms. The lowest BCUT2D eigenvalue weighted by atomic mass is 9.88. The quantitative estimate of drug-likeness (QED) is 0.118. The van der Waals surface area contributed by atoms with Crippen LogP contribution in [0.5, 0.6) is 0 Å². The third-order valence-corrected chi connectivity index (χ3v) is 20.0. The fraction of sp³-hybridized carbons (Fsp3) is 0. The normalized spacial score (nSPS) is 11.7. The molecular weight excluding hydrogens is 1250 g/mol. The van der Waals surface area contributed by atoms with Crippen LogP contribution in [0.4, 0.5) is 0 Å². The largest absolute Gasteiger partial charge is 0.456 e. The first-order valence-electron chi connectivity index (χ1n) is 34.3. The molecule has 0 unspecified atom stereocenters. The van der Waals surface area contributed by atoms with Gasteiger partial charge in [0, 0.05) is 54.9 Å². The van der Waals surface area contributed by atoms with Crippen molar-refractivity contribution in [1.29, 1.82) is 0 Å². The Morgan fingerprint density at radius 1 is 0.157 bits per heavy atom. The molecule has 0 bridgehead atoms. The monoisotopic (exact) mass is 1300 g/mol. The third-order valence-electron chi connectivity index (χ3n) is 20.0. The zero-order valence-corrected chi connectivity index (χ0v) is 54.8. The van der Waals surface area contributed by atoms with Crippen LogP contribution in [0.1, 0.15) is 0 Å². The van der Waals surface area contributed by atoms with Crippen molar-refractivity contribution in [2.24, 2.45) is 0 Å². The number of rotatable bonds is 11. The second-order valence-corrected chi connectivity index (χ2v) is 26.0. The number of hydrogen-bond donors (Lipinski definition) is 0. The third kappa shape index (κ3) is 10.1. The maximum atomic E-state index is 6.86. The number of hydrogen-bond acceptors (Lipinski definition) is 8. The zero-order valence-electron chi connectivity index (χ0n) is 54.8. The molecule has 8 nitrogen and oxygen atoms in total. The molecule has 0 spiro atoms. The Bertz CT molecular complexity index is 6730. The molecule has 20 aromatic rings. The molecule has 8 heteroatoms. The second kappa shape index (κ2) is 24.0. The first-order valence-corrected chi connectivity index (χ1v) is 34.3. The van der Waals surface area contributed by atoms with Crippen LogP contribution < -0.4 is 0 Å². The molecule has 0 saturated heterocycles. The van der Waals surface area contributed by atoms with Gasteiger partial charge in [-0.2, -0.15) is 0 Å². The van der Waals surface area contributed by atoms with Crippen molar-refractivity contribution in [2.45, 2.75) is 0 Å². The minimum atomic E-state index is 0.557. The summed E-state index contributed by atoms with van der Waals surface area (Å²) in [5.74, 6) is 3.44. The van der Waals surface area contributed by atoms with Gasteiger partial charge in [0.2, 0.25) is 0 Å². The van der Waals surface area contributed by atoms with Gasteiger partial charge in [-0.1, -0.05) is 291 Å². The van der Waals surface area contributed by atoms with Crippen molar-refractivity contribution in [3.8, 4) is 124 Å². The summed E-state index contributed by atoms with van der Waals surface area (Å²) in [4.78, 5) is 31.5. The van der Waals surface area contributed by atoms with Crippen LogP contribution in [-0.2, 0) is 0 Å². The highest BCUT2D eigenvalue weighted by Gasteiger charge is 2.24. The van der Waals surface area contributed by atoms with E-state index in [1.165, 1.54) is 26.9 Å². The molecule has 4 aromatic heterocycles. The van der Waals surface area contributed by atoms with Gasteiger partial charge in [-0.3, -0.25) is 0 Å². The zero-order chi connectivity index (χ0) is 67.2. The Balaban J connectivity index is 0.674. The van der Waals surface area contributed by atoms with E-state index in [9.17, 15) is 0 Å². The molecule has 16 aromatic carbocycles. The van der Waals surface area contributed by atoms with Gasteiger partial charge in [-0.05, 0) is 147 Å². The topological polar surface area (TPSA) is 104 Å². The van der Waals surface area contributed by atoms with E-state index in [0.29, 0.717) is 34.9 Å². The standard InChI is InChI=1S/C94H56N6O2/c1-4-19-57(20-5-1)58-39-44-63(45-40-58)91-95-90(62-24-8-3-9-25-62)98-94(100-91)78-34-18-38-84-88(78)86-76(32-16-36-82(86)102-84)80-56-68-26-11-13-30-72(68)75-52-49-67(55-79(75)80)66-28-14-27-65(53-66)59-41-46-64(47-42-59)92-96-89(61-22-6-2-7-23-61)97-93(99-92)77-33-17-37-83-87(77)85-74(31-15-35-81(85)101-83)70-50-51-73-69(54-70)48-43-60-21-10-12-29-71(60)73/h1-56H. The van der Waals surface area contributed by atoms with Gasteiger partial charge in [0.15, 0.2) is 34.9 Å². The highest BCUT2D eigenvalue weighted by molar-refractivity contribution is 6.23. The van der Waals surface area contributed by atoms with Crippen LogP contribution in [0.3, 0.4) is 0 Å². The van der Waals surface area contributed by atoms with Crippen molar-refractivity contribution in [3.05, 3.63) is 340 Å². The lowest BCUT2D eigenvalue weighted by Gasteiger charge is -2.15. The molecule has 0 aliphatic carbocycles. The van der Waals surface area contributed by atoms with Crippen LogP contribution in [-0.4, -0.2) is 29.9 Å². The van der Waals surface area contributed by atoms with E-state index in [4.69, 9.17) is 38.7 Å². The van der Waals surface area contributed by atoms with Gasteiger partial charge in [0.1, 0.15) is 22.3 Å². The predicted octanol–water partition coefficient (Wildman–Crippen LogP) is 24.8. The van der Waals surface area contributed by atoms with Gasteiger partial charge in [0.05, 0.1) is 0 Å². The van der Waals surface area contributed by atoms with E-state index >= 15 is 0 Å². The SMILES string of the molecule is c1ccc(-c2ccc(-c3nc(-c4ccccc4)nc(-c4cccc5oc6cccc(-c7cc8ccccc8c8ccc(-c9cccc(-c%10ccc(-c%11nc(-c%12ccccc%12)nc(-c%12cccc%13oc%14cccc(-c%15ccc%16c(ccc%17ccccc%17%16)c%15)c%14c%12%13)n%11)cc%10)c9)cc78)c6c45)n3)cc2)cc1. The Hall–Kier alpha value is -13.8. The number of nitrogens with zero attached hydrogens (tertiary/aromatic N) is 6. The first kappa shape index (κ1) is 58.3. The Kier molecular flexibility index (Phi) is 13.7. The summed E-state index contributed by atoms with van der Waals surface area (Å²) < 4.78 is 13.6. The Morgan fingerprint density at radius 3 is 1.06 bits per heavy atom. The van der Waals surface area contributed by atoms with E-state index < -0.39 is 0 Å². The Labute approximate surface area is 585 Å². The molecule has 474 valence electrons. The molecular formula is C94H56N6O2. The maximum Gasteiger partial charge on any atom is 0.164 e. The van der Waals surface area contributed by atoms with Crippen molar-refractivity contribution < 1.29 is 8.83 Å². The van der Waals surface area contributed by atoms with E-state index in [-0.39, 0.29) is 0 Å². The van der Waals surface area contributed by atoms with Crippen molar-refractivity contribution in [1.82, 2.24) is 29.9 Å². The number of furan rings is 2. The summed E-state index contributed by atoms with van der Waals surface area (Å²) in [7, 11) is 0. The summed E-state index contributed by atoms with van der Waals surface area (Å²) in [5.41, 5.74) is 19.2. The van der Waals surface area contributed by atoms with Gasteiger partial charge < -0.3 is 8.83 Å². The summed E-state index contributed by atoms with van der Waals surface area (Å²) in [6.07, 6.45) is 0. The minimum absolute atomic E-state index is 0.557. The maximum absolute atomic E-state index is 6.86. The average Bonchev–Trinajstić information content (AvgIpc) is 1.48. The van der Waals surface area contributed by atoms with Crippen molar-refractivity contribution in [2.75, 3.05) is 0 Å². The van der Waals surface area contributed by atoms with E-state index in [0.717, 1.165) is 149 Å². The van der Waals surface area contributed by atoms with Crippen molar-refractivity contribution >= 4 is 87.0 Å². The molecule has 0 N–H and O–H groups in total. The van der Waals surface area contributed by atoms with E-state index in [1.807, 2.05) is 97.1 Å². The van der Waals surface area contributed by atoms with Crippen LogP contribution in [0, 0.1) is 0 Å². The van der Waals surface area contributed by atoms with Crippen LogP contribution in [0.25, 0.3) is 211 Å². The van der Waals surface area contributed by atoms with E-state index in [1.54, 1.807) is 0 Å². The molecule has 0 aliphatic heterocycles. The Morgan fingerprint density at radius 2 is 0.490 bits per heavy atom. The summed E-state index contributed by atoms with van der Waals surface area (Å²) in [6, 6.07) is 119.